The van der Waals surface area contributed by atoms with Gasteiger partial charge in [0.2, 0.25) is 0 Å². The van der Waals surface area contributed by atoms with E-state index in [1.54, 1.807) is 48.5 Å². The first-order chi connectivity index (χ1) is 18.8. The number of rotatable bonds is 9. The molecule has 0 bridgehead atoms. The summed E-state index contributed by atoms with van der Waals surface area (Å²) in [6, 6.07) is 14.2. The molecule has 1 aliphatic rings. The summed E-state index contributed by atoms with van der Waals surface area (Å²) in [7, 11) is 2.74. The van der Waals surface area contributed by atoms with Crippen LogP contribution in [0.15, 0.2) is 60.2 Å². The van der Waals surface area contributed by atoms with Gasteiger partial charge in [0, 0.05) is 11.8 Å². The van der Waals surface area contributed by atoms with E-state index in [0.29, 0.717) is 36.0 Å². The van der Waals surface area contributed by atoms with Crippen molar-refractivity contribution in [2.24, 2.45) is 0 Å². The number of benzene rings is 3. The zero-order valence-electron chi connectivity index (χ0n) is 21.8. The molecule has 1 atom stereocenters. The number of hydrogen-bond acceptors (Lipinski definition) is 7. The Morgan fingerprint density at radius 2 is 1.51 bits per heavy atom. The molecule has 0 radical (unpaired) electrons. The molecule has 1 heterocycles. The number of Topliss-reactive ketones (excluding diaryl/α,β-unsaturated/α-hetero) is 1. The highest BCUT2D eigenvalue weighted by Crippen LogP contribution is 2.48. The summed E-state index contributed by atoms with van der Waals surface area (Å²) < 4.78 is 22.0. The van der Waals surface area contributed by atoms with Crippen LogP contribution in [0.3, 0.4) is 0 Å². The number of aliphatic hydroxyl groups is 1. The lowest BCUT2D eigenvalue weighted by atomic mass is 9.94. The van der Waals surface area contributed by atoms with Crippen LogP contribution >= 0.6 is 23.2 Å². The van der Waals surface area contributed by atoms with E-state index in [9.17, 15) is 14.7 Å². The highest BCUT2D eigenvalue weighted by Gasteiger charge is 2.47. The molecule has 0 spiro atoms. The molecule has 4 rings (SSSR count). The number of carbonyl (C=O) groups is 2. The molecule has 1 amide bonds. The van der Waals surface area contributed by atoms with Crippen LogP contribution in [0.5, 0.6) is 23.0 Å². The molecular formula is C29H27Cl2NO7. The van der Waals surface area contributed by atoms with Crippen LogP contribution in [0.4, 0.5) is 5.69 Å². The minimum absolute atomic E-state index is 0.00240. The molecule has 3 aromatic carbocycles. The molecule has 1 aliphatic heterocycles. The fourth-order valence-corrected chi connectivity index (χ4v) is 5.22. The molecule has 3 aromatic rings. The Labute approximate surface area is 236 Å². The minimum atomic E-state index is -1.02. The molecular weight excluding hydrogens is 545 g/mol. The lowest BCUT2D eigenvalue weighted by Gasteiger charge is -2.26. The summed E-state index contributed by atoms with van der Waals surface area (Å²) in [4.78, 5) is 28.5. The van der Waals surface area contributed by atoms with E-state index in [0.717, 1.165) is 0 Å². The van der Waals surface area contributed by atoms with E-state index in [1.165, 1.54) is 25.2 Å². The van der Waals surface area contributed by atoms with Gasteiger partial charge in [-0.1, -0.05) is 41.4 Å². The average Bonchev–Trinajstić information content (AvgIpc) is 3.19. The number of ether oxygens (including phenoxy) is 4. The van der Waals surface area contributed by atoms with E-state index in [-0.39, 0.29) is 32.7 Å². The van der Waals surface area contributed by atoms with Crippen LogP contribution in [0, 0.1) is 0 Å². The Morgan fingerprint density at radius 1 is 0.897 bits per heavy atom. The van der Waals surface area contributed by atoms with Gasteiger partial charge in [0.15, 0.2) is 11.5 Å². The normalized spacial score (nSPS) is 16.4. The Morgan fingerprint density at radius 3 is 2.13 bits per heavy atom. The summed E-state index contributed by atoms with van der Waals surface area (Å²) in [6.07, 6.45) is 0. The molecule has 204 valence electrons. The van der Waals surface area contributed by atoms with Crippen LogP contribution in [0.25, 0.3) is 5.76 Å². The third-order valence-corrected chi connectivity index (χ3v) is 6.75. The standard InChI is InChI=1S/C29H27Cl2NO7/c1-5-38-18-11-7-9-16(13-18)24-22(25(33)20-15-21(30)28(37-4)23(31)27(20)36-3)26(34)29(35)32(24)17-10-8-12-19(14-17)39-6-2/h7-15,24,33H,5-6H2,1-4H3/b25-22+. The first kappa shape index (κ1) is 28.1. The maximum absolute atomic E-state index is 13.6. The van der Waals surface area contributed by atoms with Crippen LogP contribution < -0.4 is 23.8 Å². The Kier molecular flexibility index (Phi) is 8.57. The fraction of sp³-hybridized carbons (Fsp3) is 0.241. The van der Waals surface area contributed by atoms with Crippen molar-refractivity contribution in [2.75, 3.05) is 32.3 Å². The number of amides is 1. The van der Waals surface area contributed by atoms with Gasteiger partial charge in [0.25, 0.3) is 11.7 Å². The molecule has 1 saturated heterocycles. The zero-order chi connectivity index (χ0) is 28.3. The summed E-state index contributed by atoms with van der Waals surface area (Å²) in [5.74, 6) is -1.01. The SMILES string of the molecule is CCOc1cccc(C2/C(=C(\O)c3cc(Cl)c(OC)c(Cl)c3OC)C(=O)C(=O)N2c2cccc(OCC)c2)c1. The minimum Gasteiger partial charge on any atom is -0.507 e. The van der Waals surface area contributed by atoms with Gasteiger partial charge in [-0.15, -0.1) is 0 Å². The van der Waals surface area contributed by atoms with Crippen molar-refractivity contribution in [3.63, 3.8) is 0 Å². The number of hydrogen-bond donors (Lipinski definition) is 1. The fourth-order valence-electron chi connectivity index (χ4n) is 4.54. The maximum atomic E-state index is 13.6. The summed E-state index contributed by atoms with van der Waals surface area (Å²) in [6.45, 7) is 4.53. The third kappa shape index (κ3) is 5.22. The molecule has 1 fully saturated rings. The molecule has 10 heteroatoms. The lowest BCUT2D eigenvalue weighted by molar-refractivity contribution is -0.132. The Hall–Kier alpha value is -3.88. The zero-order valence-corrected chi connectivity index (χ0v) is 23.3. The van der Waals surface area contributed by atoms with Gasteiger partial charge < -0.3 is 24.1 Å². The van der Waals surface area contributed by atoms with Crippen molar-refractivity contribution in [3.8, 4) is 23.0 Å². The van der Waals surface area contributed by atoms with Crippen molar-refractivity contribution < 1.29 is 33.6 Å². The second-order valence-corrected chi connectivity index (χ2v) is 9.18. The van der Waals surface area contributed by atoms with Gasteiger partial charge in [-0.25, -0.2) is 0 Å². The first-order valence-electron chi connectivity index (χ1n) is 12.1. The van der Waals surface area contributed by atoms with Crippen LogP contribution in [-0.2, 0) is 9.59 Å². The highest BCUT2D eigenvalue weighted by molar-refractivity contribution is 6.52. The lowest BCUT2D eigenvalue weighted by Crippen LogP contribution is -2.29. The van der Waals surface area contributed by atoms with Gasteiger partial charge in [0.1, 0.15) is 22.3 Å². The van der Waals surface area contributed by atoms with E-state index in [1.807, 2.05) is 13.8 Å². The molecule has 0 saturated carbocycles. The average molecular weight is 572 g/mol. The van der Waals surface area contributed by atoms with Gasteiger partial charge >= 0.3 is 0 Å². The van der Waals surface area contributed by atoms with Crippen molar-refractivity contribution in [1.29, 1.82) is 0 Å². The number of halogens is 2. The topological polar surface area (TPSA) is 94.5 Å². The molecule has 1 N–H and O–H groups in total. The van der Waals surface area contributed by atoms with E-state index in [4.69, 9.17) is 42.1 Å². The van der Waals surface area contributed by atoms with E-state index < -0.39 is 23.5 Å². The van der Waals surface area contributed by atoms with Gasteiger partial charge in [-0.3, -0.25) is 14.5 Å². The Balaban J connectivity index is 2.01. The number of anilines is 1. The van der Waals surface area contributed by atoms with Crippen LogP contribution in [0.2, 0.25) is 10.0 Å². The second kappa shape index (κ2) is 11.9. The van der Waals surface area contributed by atoms with Crippen LogP contribution in [-0.4, -0.2) is 44.2 Å². The largest absolute Gasteiger partial charge is 0.507 e. The predicted molar refractivity (Wildman–Crippen MR) is 150 cm³/mol. The first-order valence-corrected chi connectivity index (χ1v) is 12.9. The smallest absolute Gasteiger partial charge is 0.300 e. The van der Waals surface area contributed by atoms with Gasteiger partial charge in [-0.05, 0) is 49.7 Å². The molecule has 0 aromatic heterocycles. The van der Waals surface area contributed by atoms with Crippen LogP contribution in [0.1, 0.15) is 31.0 Å². The number of carbonyl (C=O) groups excluding carboxylic acids is 2. The van der Waals surface area contributed by atoms with Gasteiger partial charge in [0.05, 0.1) is 49.6 Å². The van der Waals surface area contributed by atoms with Crippen molar-refractivity contribution in [3.05, 3.63) is 81.3 Å². The monoisotopic (exact) mass is 571 g/mol. The van der Waals surface area contributed by atoms with E-state index in [2.05, 4.69) is 0 Å². The number of aliphatic hydroxyl groups excluding tert-OH is 1. The second-order valence-electron chi connectivity index (χ2n) is 8.39. The van der Waals surface area contributed by atoms with Crippen molar-refractivity contribution in [1.82, 2.24) is 0 Å². The van der Waals surface area contributed by atoms with Gasteiger partial charge in [-0.2, -0.15) is 0 Å². The molecule has 1 unspecified atom stereocenters. The maximum Gasteiger partial charge on any atom is 0.300 e. The van der Waals surface area contributed by atoms with Crippen molar-refractivity contribution >= 4 is 46.3 Å². The summed E-state index contributed by atoms with van der Waals surface area (Å²) in [5.41, 5.74) is 0.797. The third-order valence-electron chi connectivity index (χ3n) is 6.13. The molecule has 8 nitrogen and oxygen atoms in total. The van der Waals surface area contributed by atoms with Crippen molar-refractivity contribution in [2.45, 2.75) is 19.9 Å². The summed E-state index contributed by atoms with van der Waals surface area (Å²) in [5, 5.41) is 11.7. The number of nitrogens with zero attached hydrogens (tertiary/aromatic N) is 1. The molecule has 0 aliphatic carbocycles. The quantitative estimate of drug-likeness (QED) is 0.179. The predicted octanol–water partition coefficient (Wildman–Crippen LogP) is 6.43. The highest BCUT2D eigenvalue weighted by atomic mass is 35.5. The Bertz CT molecular complexity index is 1450. The number of methoxy groups -OCH3 is 2. The number of ketones is 1. The summed E-state index contributed by atoms with van der Waals surface area (Å²) >= 11 is 12.8. The molecule has 39 heavy (non-hydrogen) atoms. The van der Waals surface area contributed by atoms with E-state index >= 15 is 0 Å².